The second-order valence-corrected chi connectivity index (χ2v) is 6.15. The Morgan fingerprint density at radius 2 is 1.72 bits per heavy atom. The number of amides is 3. The molecule has 0 saturated heterocycles. The van der Waals surface area contributed by atoms with Gasteiger partial charge in [0.25, 0.3) is 5.91 Å². The van der Waals surface area contributed by atoms with Crippen LogP contribution in [0.4, 0.5) is 4.79 Å². The van der Waals surface area contributed by atoms with Gasteiger partial charge in [0.1, 0.15) is 6.04 Å². The van der Waals surface area contributed by atoms with Gasteiger partial charge >= 0.3 is 6.03 Å². The third-order valence-electron chi connectivity index (χ3n) is 3.89. The summed E-state index contributed by atoms with van der Waals surface area (Å²) in [6, 6.07) is 15.8. The van der Waals surface area contributed by atoms with E-state index in [0.717, 1.165) is 11.1 Å². The Hall–Kier alpha value is -2.37. The standard InChI is InChI=1S/C19H22ClN3O2/c1-3-21-19(25)23-18(24)17(14-9-5-4-6-10-14)22-13(2)15-11-7-8-12-16(15)20/h4-13,17,22H,3H2,1-2H3,(H2,21,23,24,25)/p+1/t13-,17-/m0/s1. The summed E-state index contributed by atoms with van der Waals surface area (Å²) in [5, 5.41) is 7.53. The summed E-state index contributed by atoms with van der Waals surface area (Å²) in [6.45, 7) is 4.23. The number of benzene rings is 2. The number of carbonyl (C=O) groups is 2. The van der Waals surface area contributed by atoms with Crippen LogP contribution in [-0.4, -0.2) is 18.5 Å². The Kier molecular flexibility index (Phi) is 6.98. The van der Waals surface area contributed by atoms with E-state index in [1.807, 2.05) is 66.8 Å². The number of nitrogens with two attached hydrogens (primary N) is 1. The highest BCUT2D eigenvalue weighted by molar-refractivity contribution is 6.31. The molecule has 0 heterocycles. The van der Waals surface area contributed by atoms with Gasteiger partial charge in [-0.05, 0) is 19.9 Å². The second-order valence-electron chi connectivity index (χ2n) is 5.74. The molecule has 0 aromatic heterocycles. The van der Waals surface area contributed by atoms with E-state index in [1.165, 1.54) is 0 Å². The van der Waals surface area contributed by atoms with Gasteiger partial charge in [-0.15, -0.1) is 0 Å². The van der Waals surface area contributed by atoms with Gasteiger partial charge in [0.15, 0.2) is 6.04 Å². The zero-order valence-electron chi connectivity index (χ0n) is 14.3. The van der Waals surface area contributed by atoms with Crippen molar-refractivity contribution < 1.29 is 14.9 Å². The van der Waals surface area contributed by atoms with Crippen molar-refractivity contribution >= 4 is 23.5 Å². The molecule has 0 fully saturated rings. The fraction of sp³-hybridized carbons (Fsp3) is 0.263. The zero-order chi connectivity index (χ0) is 18.2. The molecule has 0 bridgehead atoms. The van der Waals surface area contributed by atoms with E-state index in [2.05, 4.69) is 10.6 Å². The number of quaternary nitrogens is 1. The number of nitrogens with one attached hydrogen (secondary N) is 2. The second kappa shape index (κ2) is 9.20. The Balaban J connectivity index is 2.22. The molecule has 2 rings (SSSR count). The van der Waals surface area contributed by atoms with Gasteiger partial charge in [-0.2, -0.15) is 0 Å². The number of rotatable bonds is 6. The molecule has 0 aliphatic carbocycles. The third-order valence-corrected chi connectivity index (χ3v) is 4.24. The van der Waals surface area contributed by atoms with Crippen LogP contribution in [0.25, 0.3) is 0 Å². The molecular weight excluding hydrogens is 338 g/mol. The van der Waals surface area contributed by atoms with Crippen LogP contribution in [-0.2, 0) is 4.79 Å². The lowest BCUT2D eigenvalue weighted by Gasteiger charge is -2.20. The number of carbonyl (C=O) groups excluding carboxylic acids is 2. The molecule has 2 aromatic rings. The van der Waals surface area contributed by atoms with Gasteiger partial charge in [0, 0.05) is 22.7 Å². The molecule has 0 saturated carbocycles. The maximum absolute atomic E-state index is 12.6. The predicted octanol–water partition coefficient (Wildman–Crippen LogP) is 2.55. The van der Waals surface area contributed by atoms with Crippen molar-refractivity contribution in [3.05, 3.63) is 70.7 Å². The molecular formula is C19H23ClN3O2+. The van der Waals surface area contributed by atoms with Crippen LogP contribution in [0.3, 0.4) is 0 Å². The lowest BCUT2D eigenvalue weighted by atomic mass is 10.0. The number of imide groups is 1. The van der Waals surface area contributed by atoms with E-state index < -0.39 is 12.1 Å². The first kappa shape index (κ1) is 19.0. The first-order valence-electron chi connectivity index (χ1n) is 8.26. The van der Waals surface area contributed by atoms with Crippen molar-refractivity contribution in [3.8, 4) is 0 Å². The van der Waals surface area contributed by atoms with Crippen molar-refractivity contribution in [2.45, 2.75) is 25.9 Å². The first-order chi connectivity index (χ1) is 12.0. The molecule has 0 aliphatic rings. The van der Waals surface area contributed by atoms with Crippen LogP contribution in [0.5, 0.6) is 0 Å². The SMILES string of the molecule is CCNC(=O)NC(=O)[C@@H]([NH2+][C@@H](C)c1ccccc1Cl)c1ccccc1. The molecule has 25 heavy (non-hydrogen) atoms. The van der Waals surface area contributed by atoms with Crippen LogP contribution in [0, 0.1) is 0 Å². The fourth-order valence-corrected chi connectivity index (χ4v) is 2.95. The molecule has 3 amide bonds. The van der Waals surface area contributed by atoms with Crippen molar-refractivity contribution in [2.24, 2.45) is 0 Å². The van der Waals surface area contributed by atoms with E-state index in [9.17, 15) is 9.59 Å². The van der Waals surface area contributed by atoms with E-state index >= 15 is 0 Å². The summed E-state index contributed by atoms with van der Waals surface area (Å²) in [5.74, 6) is -0.365. The van der Waals surface area contributed by atoms with Crippen LogP contribution in [0.2, 0.25) is 5.02 Å². The molecule has 0 unspecified atom stereocenters. The maximum Gasteiger partial charge on any atom is 0.321 e. The minimum atomic E-state index is -0.560. The average Bonchev–Trinajstić information content (AvgIpc) is 2.60. The summed E-state index contributed by atoms with van der Waals surface area (Å²) in [7, 11) is 0. The zero-order valence-corrected chi connectivity index (χ0v) is 15.1. The fourth-order valence-electron chi connectivity index (χ4n) is 2.64. The maximum atomic E-state index is 12.6. The first-order valence-corrected chi connectivity index (χ1v) is 8.63. The molecule has 2 atom stereocenters. The van der Waals surface area contributed by atoms with Crippen LogP contribution in [0.1, 0.15) is 37.1 Å². The van der Waals surface area contributed by atoms with Gasteiger partial charge in [-0.1, -0.05) is 60.1 Å². The van der Waals surface area contributed by atoms with Crippen LogP contribution in [0.15, 0.2) is 54.6 Å². The summed E-state index contributed by atoms with van der Waals surface area (Å²) < 4.78 is 0. The summed E-state index contributed by atoms with van der Waals surface area (Å²) >= 11 is 6.27. The third kappa shape index (κ3) is 5.31. The average molecular weight is 361 g/mol. The molecule has 4 N–H and O–H groups in total. The van der Waals surface area contributed by atoms with Crippen LogP contribution >= 0.6 is 11.6 Å². The molecule has 132 valence electrons. The molecule has 0 aliphatic heterocycles. The van der Waals surface area contributed by atoms with Gasteiger partial charge < -0.3 is 10.6 Å². The highest BCUT2D eigenvalue weighted by Gasteiger charge is 2.28. The van der Waals surface area contributed by atoms with E-state index in [4.69, 9.17) is 11.6 Å². The lowest BCUT2D eigenvalue weighted by Crippen LogP contribution is -2.88. The highest BCUT2D eigenvalue weighted by Crippen LogP contribution is 2.21. The van der Waals surface area contributed by atoms with Crippen molar-refractivity contribution in [2.75, 3.05) is 6.54 Å². The molecule has 5 nitrogen and oxygen atoms in total. The minimum absolute atomic E-state index is 0.0566. The smallest absolute Gasteiger partial charge is 0.321 e. The Bertz CT molecular complexity index is 722. The molecule has 6 heteroatoms. The quantitative estimate of drug-likeness (QED) is 0.740. The van der Waals surface area contributed by atoms with Crippen LogP contribution < -0.4 is 16.0 Å². The van der Waals surface area contributed by atoms with Gasteiger partial charge in [-0.25, -0.2) is 4.79 Å². The van der Waals surface area contributed by atoms with E-state index in [-0.39, 0.29) is 11.9 Å². The molecule has 2 aromatic carbocycles. The topological polar surface area (TPSA) is 74.8 Å². The number of urea groups is 1. The van der Waals surface area contributed by atoms with E-state index in [1.54, 1.807) is 6.92 Å². The number of halogens is 1. The Morgan fingerprint density at radius 3 is 2.36 bits per heavy atom. The number of hydrogen-bond acceptors (Lipinski definition) is 2. The highest BCUT2D eigenvalue weighted by atomic mass is 35.5. The molecule has 0 radical (unpaired) electrons. The van der Waals surface area contributed by atoms with Crippen molar-refractivity contribution in [1.82, 2.24) is 10.6 Å². The van der Waals surface area contributed by atoms with Gasteiger partial charge in [0.05, 0.1) is 0 Å². The Morgan fingerprint density at radius 1 is 1.08 bits per heavy atom. The van der Waals surface area contributed by atoms with Gasteiger partial charge in [-0.3, -0.25) is 10.1 Å². The number of hydrogen-bond donors (Lipinski definition) is 3. The predicted molar refractivity (Wildman–Crippen MR) is 98.2 cm³/mol. The normalized spacial score (nSPS) is 12.9. The molecule has 0 spiro atoms. The monoisotopic (exact) mass is 360 g/mol. The summed E-state index contributed by atoms with van der Waals surface area (Å²) in [4.78, 5) is 24.4. The van der Waals surface area contributed by atoms with Crippen molar-refractivity contribution in [3.63, 3.8) is 0 Å². The van der Waals surface area contributed by atoms with Crippen molar-refractivity contribution in [1.29, 1.82) is 0 Å². The lowest BCUT2D eigenvalue weighted by molar-refractivity contribution is -0.719. The minimum Gasteiger partial charge on any atom is -0.338 e. The van der Waals surface area contributed by atoms with E-state index in [0.29, 0.717) is 11.6 Å². The Labute approximate surface area is 152 Å². The summed E-state index contributed by atoms with van der Waals surface area (Å²) in [6.07, 6.45) is 0. The van der Waals surface area contributed by atoms with Gasteiger partial charge in [0.2, 0.25) is 0 Å². The largest absolute Gasteiger partial charge is 0.338 e. The summed E-state index contributed by atoms with van der Waals surface area (Å²) in [5.41, 5.74) is 1.76.